The van der Waals surface area contributed by atoms with Crippen molar-refractivity contribution in [2.75, 3.05) is 5.32 Å². The molecule has 128 valence electrons. The molecule has 0 aliphatic rings. The molecule has 4 aromatic rings. The molecular weight excluding hydrogens is 348 g/mol. The van der Waals surface area contributed by atoms with E-state index in [1.54, 1.807) is 54.2 Å². The van der Waals surface area contributed by atoms with Gasteiger partial charge in [0.05, 0.1) is 6.54 Å². The molecule has 0 bridgehead atoms. The smallest absolute Gasteiger partial charge is 0.299 e. The van der Waals surface area contributed by atoms with Crippen molar-refractivity contribution >= 4 is 23.2 Å². The Morgan fingerprint density at radius 3 is 2.81 bits per heavy atom. The van der Waals surface area contributed by atoms with Gasteiger partial charge < -0.3 is 5.32 Å². The van der Waals surface area contributed by atoms with Crippen molar-refractivity contribution in [2.24, 2.45) is 0 Å². The number of carbonyl (C=O) groups excluding carboxylic acids is 1. The van der Waals surface area contributed by atoms with E-state index >= 15 is 0 Å². The largest absolute Gasteiger partial charge is 0.349 e. The van der Waals surface area contributed by atoms with Crippen LogP contribution in [0.25, 0.3) is 11.4 Å². The zero-order valence-corrected chi connectivity index (χ0v) is 14.4. The van der Waals surface area contributed by atoms with Crippen LogP contribution in [-0.2, 0) is 6.54 Å². The van der Waals surface area contributed by atoms with Crippen molar-refractivity contribution in [3.05, 3.63) is 77.0 Å². The van der Waals surface area contributed by atoms with Crippen LogP contribution in [0, 0.1) is 0 Å². The molecule has 4 rings (SSSR count). The summed E-state index contributed by atoms with van der Waals surface area (Å²) in [5.41, 5.74) is 1.04. The lowest BCUT2D eigenvalue weighted by Gasteiger charge is -2.05. The average molecular weight is 362 g/mol. The highest BCUT2D eigenvalue weighted by atomic mass is 32.1. The highest BCUT2D eigenvalue weighted by Gasteiger charge is 2.19. The number of hydrogen-bond acceptors (Lipinski definition) is 7. The molecule has 0 aromatic carbocycles. The first kappa shape index (κ1) is 16.1. The van der Waals surface area contributed by atoms with Crippen LogP contribution in [0.3, 0.4) is 0 Å². The quantitative estimate of drug-likeness (QED) is 0.587. The molecule has 1 N–H and O–H groups in total. The van der Waals surface area contributed by atoms with Crippen molar-refractivity contribution in [3.63, 3.8) is 0 Å². The van der Waals surface area contributed by atoms with Gasteiger partial charge in [-0.25, -0.2) is 0 Å². The molecule has 0 saturated carbocycles. The lowest BCUT2D eigenvalue weighted by atomic mass is 10.3. The van der Waals surface area contributed by atoms with E-state index in [1.165, 1.54) is 4.68 Å². The lowest BCUT2D eigenvalue weighted by Crippen LogP contribution is -2.18. The van der Waals surface area contributed by atoms with Gasteiger partial charge in [0, 0.05) is 29.0 Å². The summed E-state index contributed by atoms with van der Waals surface area (Å²) in [6.07, 6.45) is 4.91. The maximum atomic E-state index is 12.8. The Balaban J connectivity index is 1.70. The third-order valence-corrected chi connectivity index (χ3v) is 4.48. The van der Waals surface area contributed by atoms with Gasteiger partial charge in [0.2, 0.25) is 5.95 Å². The molecule has 0 aliphatic carbocycles. The van der Waals surface area contributed by atoms with Crippen molar-refractivity contribution in [1.29, 1.82) is 0 Å². The van der Waals surface area contributed by atoms with E-state index in [4.69, 9.17) is 0 Å². The number of carbonyl (C=O) groups is 1. The number of anilines is 1. The fourth-order valence-corrected chi connectivity index (χ4v) is 3.01. The molecule has 7 nitrogen and oxygen atoms in total. The highest BCUT2D eigenvalue weighted by Crippen LogP contribution is 2.19. The van der Waals surface area contributed by atoms with Crippen molar-refractivity contribution in [2.45, 2.75) is 6.54 Å². The third kappa shape index (κ3) is 3.35. The minimum atomic E-state index is -0.345. The van der Waals surface area contributed by atoms with E-state index < -0.39 is 0 Å². The Labute approximate surface area is 153 Å². The second kappa shape index (κ2) is 7.24. The van der Waals surface area contributed by atoms with E-state index in [2.05, 4.69) is 25.4 Å². The fraction of sp³-hybridized carbons (Fsp3) is 0.0556. The summed E-state index contributed by atoms with van der Waals surface area (Å²) in [6, 6.07) is 12.8. The normalized spacial score (nSPS) is 10.6. The summed E-state index contributed by atoms with van der Waals surface area (Å²) in [5, 5.41) is 9.56. The van der Waals surface area contributed by atoms with E-state index in [0.717, 1.165) is 10.4 Å². The molecule has 0 spiro atoms. The molecule has 0 amide bonds. The van der Waals surface area contributed by atoms with E-state index in [-0.39, 0.29) is 5.91 Å². The number of aromatic nitrogens is 5. The number of hydrogen-bond donors (Lipinski definition) is 1. The van der Waals surface area contributed by atoms with Crippen LogP contribution in [0.1, 0.15) is 15.4 Å². The predicted octanol–water partition coefficient (Wildman–Crippen LogP) is 3.10. The minimum absolute atomic E-state index is 0.300. The van der Waals surface area contributed by atoms with Crippen molar-refractivity contribution < 1.29 is 4.79 Å². The molecule has 0 aliphatic heterocycles. The summed E-state index contributed by atoms with van der Waals surface area (Å²) in [4.78, 5) is 26.6. The Hall–Kier alpha value is -3.39. The molecule has 0 unspecified atom stereocenters. The second-order valence-corrected chi connectivity index (χ2v) is 6.40. The fourth-order valence-electron chi connectivity index (χ4n) is 2.36. The van der Waals surface area contributed by atoms with Crippen LogP contribution in [0.15, 0.2) is 66.4 Å². The van der Waals surface area contributed by atoms with Crippen LogP contribution < -0.4 is 5.32 Å². The maximum absolute atomic E-state index is 12.8. The molecule has 26 heavy (non-hydrogen) atoms. The van der Waals surface area contributed by atoms with Crippen molar-refractivity contribution in [3.8, 4) is 11.4 Å². The van der Waals surface area contributed by atoms with Gasteiger partial charge in [0.25, 0.3) is 5.91 Å². The van der Waals surface area contributed by atoms with E-state index in [9.17, 15) is 4.79 Å². The molecule has 4 heterocycles. The zero-order valence-electron chi connectivity index (χ0n) is 13.6. The van der Waals surface area contributed by atoms with Gasteiger partial charge in [-0.15, -0.1) is 16.4 Å². The Bertz CT molecular complexity index is 999. The van der Waals surface area contributed by atoms with Crippen LogP contribution in [-0.4, -0.2) is 30.6 Å². The first-order valence-corrected chi connectivity index (χ1v) is 8.78. The number of nitrogens with one attached hydrogen (secondary N) is 1. The summed E-state index contributed by atoms with van der Waals surface area (Å²) >= 11 is 1.63. The molecular formula is C18H14N6OS. The van der Waals surface area contributed by atoms with Crippen molar-refractivity contribution in [1.82, 2.24) is 24.7 Å². The van der Waals surface area contributed by atoms with Gasteiger partial charge in [0.15, 0.2) is 5.82 Å². The topological polar surface area (TPSA) is 85.6 Å². The van der Waals surface area contributed by atoms with Gasteiger partial charge >= 0.3 is 0 Å². The Morgan fingerprint density at radius 2 is 2.08 bits per heavy atom. The first-order chi connectivity index (χ1) is 12.8. The monoisotopic (exact) mass is 362 g/mol. The van der Waals surface area contributed by atoms with E-state index in [1.807, 2.05) is 23.6 Å². The lowest BCUT2D eigenvalue weighted by molar-refractivity contribution is 0.0942. The maximum Gasteiger partial charge on any atom is 0.299 e. The molecule has 0 atom stereocenters. The Morgan fingerprint density at radius 1 is 1.12 bits per heavy atom. The highest BCUT2D eigenvalue weighted by molar-refractivity contribution is 7.09. The molecule has 0 saturated heterocycles. The van der Waals surface area contributed by atoms with Gasteiger partial charge in [-0.05, 0) is 35.7 Å². The van der Waals surface area contributed by atoms with Gasteiger partial charge in [0.1, 0.15) is 5.69 Å². The summed E-state index contributed by atoms with van der Waals surface area (Å²) in [6.45, 7) is 0.554. The van der Waals surface area contributed by atoms with Crippen LogP contribution in [0.5, 0.6) is 0 Å². The van der Waals surface area contributed by atoms with Gasteiger partial charge in [-0.1, -0.05) is 12.1 Å². The average Bonchev–Trinajstić information content (AvgIpc) is 3.37. The van der Waals surface area contributed by atoms with Gasteiger partial charge in [-0.2, -0.15) is 9.67 Å². The second-order valence-electron chi connectivity index (χ2n) is 5.37. The zero-order chi connectivity index (χ0) is 17.8. The van der Waals surface area contributed by atoms with E-state index in [0.29, 0.717) is 24.0 Å². The minimum Gasteiger partial charge on any atom is -0.349 e. The van der Waals surface area contributed by atoms with Gasteiger partial charge in [-0.3, -0.25) is 14.8 Å². The number of nitrogens with zero attached hydrogens (tertiary/aromatic N) is 5. The van der Waals surface area contributed by atoms with Crippen LogP contribution in [0.2, 0.25) is 0 Å². The molecule has 8 heteroatoms. The number of thiophene rings is 1. The summed E-state index contributed by atoms with van der Waals surface area (Å²) < 4.78 is 1.25. The number of rotatable bonds is 5. The molecule has 0 radical (unpaired) electrons. The first-order valence-electron chi connectivity index (χ1n) is 7.91. The third-order valence-electron chi connectivity index (χ3n) is 3.60. The number of pyridine rings is 2. The summed E-state index contributed by atoms with van der Waals surface area (Å²) in [5.74, 6) is 0.450. The SMILES string of the molecule is O=C(c1ccccn1)n1nc(-c2cccnc2)nc1NCc1cccs1. The molecule has 0 fully saturated rings. The van der Waals surface area contributed by atoms with Crippen LogP contribution in [0.4, 0.5) is 5.95 Å². The Kier molecular flexibility index (Phi) is 4.48. The summed E-state index contributed by atoms with van der Waals surface area (Å²) in [7, 11) is 0. The standard InChI is InChI=1S/C18H14N6OS/c25-17(15-7-1-2-9-20-15)24-18(21-12-14-6-4-10-26-14)22-16(23-24)13-5-3-8-19-11-13/h1-11H,12H2,(H,21,22,23). The predicted molar refractivity (Wildman–Crippen MR) is 98.9 cm³/mol. The molecule has 4 aromatic heterocycles. The van der Waals surface area contributed by atoms with Crippen LogP contribution >= 0.6 is 11.3 Å².